The van der Waals surface area contributed by atoms with Crippen LogP contribution >= 0.6 is 15.9 Å². The maximum absolute atomic E-state index is 7.35. The van der Waals surface area contributed by atoms with Gasteiger partial charge in [-0.1, -0.05) is 180 Å². The molecule has 0 fully saturated rings. The van der Waals surface area contributed by atoms with Crippen molar-refractivity contribution in [1.82, 2.24) is 24.1 Å². The zero-order chi connectivity index (χ0) is 42.3. The summed E-state index contributed by atoms with van der Waals surface area (Å²) in [4.78, 5) is 16.3. The third-order valence-corrected chi connectivity index (χ3v) is 12.9. The van der Waals surface area contributed by atoms with Crippen LogP contribution in [0.4, 0.5) is 0 Å². The molecular formula is C57H34BrN5O. The summed E-state index contributed by atoms with van der Waals surface area (Å²) in [5, 5.41) is 6.49. The minimum absolute atomic E-state index is 0.539. The van der Waals surface area contributed by atoms with Crippen molar-refractivity contribution in [3.8, 4) is 56.7 Å². The fourth-order valence-corrected chi connectivity index (χ4v) is 10.1. The Morgan fingerprint density at radius 2 is 0.766 bits per heavy atom. The van der Waals surface area contributed by atoms with Crippen LogP contribution in [0.3, 0.4) is 0 Å². The molecule has 7 heteroatoms. The molecule has 4 aromatic heterocycles. The van der Waals surface area contributed by atoms with E-state index < -0.39 is 0 Å². The highest BCUT2D eigenvalue weighted by Gasteiger charge is 2.33. The van der Waals surface area contributed by atoms with E-state index >= 15 is 0 Å². The van der Waals surface area contributed by atoms with Crippen molar-refractivity contribution in [3.05, 3.63) is 211 Å². The summed E-state index contributed by atoms with van der Waals surface area (Å²) >= 11 is 3.86. The van der Waals surface area contributed by atoms with E-state index in [0.717, 1.165) is 109 Å². The molecule has 0 bridgehead atoms. The molecule has 0 radical (unpaired) electrons. The normalized spacial score (nSPS) is 11.8. The Morgan fingerprint density at radius 3 is 1.25 bits per heavy atom. The van der Waals surface area contributed by atoms with Crippen LogP contribution in [0.5, 0.6) is 0 Å². The van der Waals surface area contributed by atoms with Gasteiger partial charge in [-0.05, 0) is 48.0 Å². The maximum atomic E-state index is 7.35. The lowest BCUT2D eigenvalue weighted by molar-refractivity contribution is 0.666. The van der Waals surface area contributed by atoms with E-state index in [2.05, 4.69) is 189 Å². The van der Waals surface area contributed by atoms with Crippen LogP contribution in [-0.2, 0) is 0 Å². The number of hydrogen-bond donors (Lipinski definition) is 0. The summed E-state index contributed by atoms with van der Waals surface area (Å²) in [7, 11) is 0. The fraction of sp³-hybridized carbons (Fsp3) is 0. The van der Waals surface area contributed by atoms with Gasteiger partial charge in [0.25, 0.3) is 0 Å². The lowest BCUT2D eigenvalue weighted by atomic mass is 9.90. The van der Waals surface area contributed by atoms with Gasteiger partial charge >= 0.3 is 0 Å². The molecule has 0 saturated heterocycles. The van der Waals surface area contributed by atoms with Crippen LogP contribution in [0.1, 0.15) is 0 Å². The van der Waals surface area contributed by atoms with Gasteiger partial charge in [0.15, 0.2) is 23.1 Å². The van der Waals surface area contributed by atoms with Gasteiger partial charge in [0.1, 0.15) is 11.3 Å². The quantitative estimate of drug-likeness (QED) is 0.167. The Hall–Kier alpha value is -8.13. The molecule has 6 nitrogen and oxygen atoms in total. The highest BCUT2D eigenvalue weighted by molar-refractivity contribution is 9.10. The molecule has 64 heavy (non-hydrogen) atoms. The lowest BCUT2D eigenvalue weighted by Crippen LogP contribution is -2.10. The average Bonchev–Trinajstić information content (AvgIpc) is 4.02. The molecule has 4 heterocycles. The topological polar surface area (TPSA) is 61.7 Å². The maximum Gasteiger partial charge on any atom is 0.166 e. The van der Waals surface area contributed by atoms with Gasteiger partial charge in [0.2, 0.25) is 0 Å². The minimum Gasteiger partial charge on any atom is -0.454 e. The van der Waals surface area contributed by atoms with Crippen LogP contribution < -0.4 is 0 Å². The predicted molar refractivity (Wildman–Crippen MR) is 265 cm³/mol. The molecule has 0 spiro atoms. The number of benzene rings is 9. The Morgan fingerprint density at radius 1 is 0.359 bits per heavy atom. The van der Waals surface area contributed by atoms with Crippen LogP contribution in [0.25, 0.3) is 122 Å². The van der Waals surface area contributed by atoms with Gasteiger partial charge in [-0.15, -0.1) is 0 Å². The molecule has 0 saturated carbocycles. The SMILES string of the molecule is Brc1ccc2oc3c(-n4c5ccccc5c5ccccc54)c(-n4c5ccccc5c5ccccc54)c(-c4nc(-c5ccccc5)nc(-c5ccccc5)n4)c(-c4ccccc4)c3c2c1. The summed E-state index contributed by atoms with van der Waals surface area (Å²) in [6.45, 7) is 0. The number of aromatic nitrogens is 5. The summed E-state index contributed by atoms with van der Waals surface area (Å²) in [5.41, 5.74) is 12.1. The first-order valence-corrected chi connectivity index (χ1v) is 22.1. The second-order valence-electron chi connectivity index (χ2n) is 16.0. The standard InChI is InChI=1S/C57H34BrN5O/c58-38-32-33-48-43(34-38)50-49(35-18-4-1-5-19-35)51(57-60-55(36-20-6-2-7-21-36)59-56(61-57)37-22-8-3-9-23-37)52(62-44-28-14-10-24-39(44)40-25-11-15-29-45(40)62)53(54(50)64-48)63-46-30-16-12-26-41(46)42-27-13-17-31-47(42)63/h1-34H. The first-order valence-electron chi connectivity index (χ1n) is 21.3. The summed E-state index contributed by atoms with van der Waals surface area (Å²) in [6, 6.07) is 72.0. The molecule has 0 aliphatic rings. The molecule has 0 unspecified atom stereocenters. The number of para-hydroxylation sites is 4. The summed E-state index contributed by atoms with van der Waals surface area (Å²) < 4.78 is 13.1. The number of hydrogen-bond acceptors (Lipinski definition) is 4. The molecule has 0 amide bonds. The van der Waals surface area contributed by atoms with Gasteiger partial charge in [-0.3, -0.25) is 0 Å². The highest BCUT2D eigenvalue weighted by atomic mass is 79.9. The fourth-order valence-electron chi connectivity index (χ4n) is 9.74. The molecule has 0 N–H and O–H groups in total. The third-order valence-electron chi connectivity index (χ3n) is 12.4. The molecule has 13 aromatic rings. The number of fused-ring (bicyclic) bond motifs is 9. The average molecular weight is 885 g/mol. The van der Waals surface area contributed by atoms with Gasteiger partial charge in [0.05, 0.1) is 33.3 Å². The zero-order valence-electron chi connectivity index (χ0n) is 34.2. The van der Waals surface area contributed by atoms with E-state index in [0.29, 0.717) is 17.5 Å². The molecule has 300 valence electrons. The first kappa shape index (κ1) is 36.5. The lowest BCUT2D eigenvalue weighted by Gasteiger charge is -2.24. The first-order chi connectivity index (χ1) is 31.7. The van der Waals surface area contributed by atoms with E-state index in [1.165, 1.54) is 0 Å². The molecule has 0 aliphatic carbocycles. The van der Waals surface area contributed by atoms with Crippen molar-refractivity contribution in [1.29, 1.82) is 0 Å². The van der Waals surface area contributed by atoms with Crippen LogP contribution in [0, 0.1) is 0 Å². The zero-order valence-corrected chi connectivity index (χ0v) is 35.7. The van der Waals surface area contributed by atoms with E-state index in [4.69, 9.17) is 19.4 Å². The van der Waals surface area contributed by atoms with Crippen molar-refractivity contribution in [2.45, 2.75) is 0 Å². The third kappa shape index (κ3) is 5.54. The summed E-state index contributed by atoms with van der Waals surface area (Å²) in [5.74, 6) is 1.70. The molecule has 9 aromatic carbocycles. The second kappa shape index (κ2) is 14.5. The van der Waals surface area contributed by atoms with Crippen molar-refractivity contribution >= 4 is 81.5 Å². The van der Waals surface area contributed by atoms with Crippen molar-refractivity contribution in [3.63, 3.8) is 0 Å². The van der Waals surface area contributed by atoms with Crippen molar-refractivity contribution in [2.24, 2.45) is 0 Å². The molecule has 13 rings (SSSR count). The van der Waals surface area contributed by atoms with E-state index in [9.17, 15) is 0 Å². The molecule has 0 aliphatic heterocycles. The van der Waals surface area contributed by atoms with Gasteiger partial charge < -0.3 is 13.6 Å². The number of furan rings is 1. The number of rotatable bonds is 6. The monoisotopic (exact) mass is 883 g/mol. The van der Waals surface area contributed by atoms with E-state index in [-0.39, 0.29) is 0 Å². The van der Waals surface area contributed by atoms with Crippen LogP contribution in [0.15, 0.2) is 215 Å². The Labute approximate surface area is 375 Å². The van der Waals surface area contributed by atoms with Crippen molar-refractivity contribution in [2.75, 3.05) is 0 Å². The van der Waals surface area contributed by atoms with E-state index in [1.807, 2.05) is 42.5 Å². The molecular weight excluding hydrogens is 851 g/mol. The Balaban J connectivity index is 1.36. The summed E-state index contributed by atoms with van der Waals surface area (Å²) in [6.07, 6.45) is 0. The smallest absolute Gasteiger partial charge is 0.166 e. The van der Waals surface area contributed by atoms with Crippen LogP contribution in [-0.4, -0.2) is 24.1 Å². The van der Waals surface area contributed by atoms with Gasteiger partial charge in [-0.25, -0.2) is 15.0 Å². The molecule has 0 atom stereocenters. The Bertz CT molecular complexity index is 3800. The number of nitrogens with zero attached hydrogens (tertiary/aromatic N) is 5. The van der Waals surface area contributed by atoms with Gasteiger partial charge in [0, 0.05) is 53.5 Å². The largest absolute Gasteiger partial charge is 0.454 e. The highest BCUT2D eigenvalue weighted by Crippen LogP contribution is 2.52. The van der Waals surface area contributed by atoms with Gasteiger partial charge in [-0.2, -0.15) is 0 Å². The predicted octanol–water partition coefficient (Wildman–Crippen LogP) is 15.4. The second-order valence-corrected chi connectivity index (χ2v) is 17.0. The minimum atomic E-state index is 0.539. The number of halogens is 1. The van der Waals surface area contributed by atoms with E-state index in [1.54, 1.807) is 0 Å². The van der Waals surface area contributed by atoms with Crippen LogP contribution in [0.2, 0.25) is 0 Å². The van der Waals surface area contributed by atoms with Crippen molar-refractivity contribution < 1.29 is 4.42 Å². The Kier molecular flexibility index (Phi) is 8.26.